The summed E-state index contributed by atoms with van der Waals surface area (Å²) in [5.41, 5.74) is 0.288. The molecule has 0 unspecified atom stereocenters. The minimum atomic E-state index is 0.288. The summed E-state index contributed by atoms with van der Waals surface area (Å²) in [5, 5.41) is 2.23. The minimum Gasteiger partial charge on any atom is -0.126 e. The van der Waals surface area contributed by atoms with E-state index in [2.05, 4.69) is 29.8 Å². The molecule has 0 saturated heterocycles. The number of rotatable bonds is 4. The number of hydrogen-bond donors (Lipinski definition) is 0. The van der Waals surface area contributed by atoms with Crippen LogP contribution in [0.1, 0.15) is 13.8 Å². The summed E-state index contributed by atoms with van der Waals surface area (Å²) in [7, 11) is 0. The van der Waals surface area contributed by atoms with Crippen LogP contribution in [0, 0.1) is 5.41 Å². The second-order valence-corrected chi connectivity index (χ2v) is 6.59. The molecular weight excluding hydrogens is 315 g/mol. The maximum absolute atomic E-state index is 5.94. The quantitative estimate of drug-likeness (QED) is 0.519. The zero-order valence-corrected chi connectivity index (χ0v) is 12.6. The topological polar surface area (TPSA) is 0 Å². The molecule has 1 rings (SSSR count). The van der Waals surface area contributed by atoms with Crippen LogP contribution in [-0.4, -0.2) is 11.1 Å². The first kappa shape index (κ1) is 13.7. The lowest BCUT2D eigenvalue weighted by atomic mass is 10.0. The van der Waals surface area contributed by atoms with Crippen molar-refractivity contribution in [3.05, 3.63) is 28.2 Å². The Bertz CT molecular complexity index is 339. The smallest absolute Gasteiger partial charge is 0.0603 e. The molecule has 4 heteroatoms. The minimum absolute atomic E-state index is 0.288. The average molecular weight is 328 g/mol. The number of hydrogen-bond acceptors (Lipinski definition) is 1. The molecule has 0 spiro atoms. The predicted molar refractivity (Wildman–Crippen MR) is 74.8 cm³/mol. The van der Waals surface area contributed by atoms with Crippen LogP contribution < -0.4 is 0 Å². The number of alkyl halides is 1. The summed E-state index contributed by atoms with van der Waals surface area (Å²) in [6.45, 7) is 4.46. The third-order valence-corrected chi connectivity index (χ3v) is 5.65. The van der Waals surface area contributed by atoms with Gasteiger partial charge in [-0.05, 0) is 23.6 Å². The molecule has 0 aliphatic heterocycles. The molecule has 0 radical (unpaired) electrons. The summed E-state index contributed by atoms with van der Waals surface area (Å²) in [4.78, 5) is 1.17. The van der Waals surface area contributed by atoms with Gasteiger partial charge in [-0.15, -0.1) is 11.8 Å². The standard InChI is InChI=1S/C11H13BrCl2S/c1-11(2,6-12)7-15-8-3-4-9(13)10(14)5-8/h3-5H,6-7H2,1-2H3. The van der Waals surface area contributed by atoms with Gasteiger partial charge in [0.15, 0.2) is 0 Å². The molecule has 1 aromatic rings. The molecule has 0 N–H and O–H groups in total. The predicted octanol–water partition coefficient (Wildman–Crippen LogP) is 5.51. The van der Waals surface area contributed by atoms with Crippen LogP contribution >= 0.6 is 50.9 Å². The van der Waals surface area contributed by atoms with E-state index in [9.17, 15) is 0 Å². The van der Waals surface area contributed by atoms with Crippen LogP contribution in [0.2, 0.25) is 10.0 Å². The van der Waals surface area contributed by atoms with Crippen LogP contribution in [0.25, 0.3) is 0 Å². The SMILES string of the molecule is CC(C)(CBr)CSc1ccc(Cl)c(Cl)c1. The zero-order chi connectivity index (χ0) is 11.5. The average Bonchev–Trinajstić information content (AvgIpc) is 2.20. The highest BCUT2D eigenvalue weighted by atomic mass is 79.9. The number of benzene rings is 1. The second-order valence-electron chi connectivity index (χ2n) is 4.16. The molecule has 15 heavy (non-hydrogen) atoms. The van der Waals surface area contributed by atoms with Crippen molar-refractivity contribution >= 4 is 50.9 Å². The molecule has 1 aromatic carbocycles. The molecule has 84 valence electrons. The monoisotopic (exact) mass is 326 g/mol. The maximum atomic E-state index is 5.94. The Kier molecular flexibility index (Phi) is 5.30. The van der Waals surface area contributed by atoms with Gasteiger partial charge in [0, 0.05) is 16.0 Å². The lowest BCUT2D eigenvalue weighted by molar-refractivity contribution is 0.496. The van der Waals surface area contributed by atoms with Gasteiger partial charge in [-0.25, -0.2) is 0 Å². The van der Waals surface area contributed by atoms with E-state index >= 15 is 0 Å². The maximum Gasteiger partial charge on any atom is 0.0603 e. The van der Waals surface area contributed by atoms with Crippen molar-refractivity contribution in [3.8, 4) is 0 Å². The fourth-order valence-electron chi connectivity index (χ4n) is 0.884. The van der Waals surface area contributed by atoms with Crippen molar-refractivity contribution in [2.45, 2.75) is 18.7 Å². The van der Waals surface area contributed by atoms with Crippen LogP contribution in [0.4, 0.5) is 0 Å². The summed E-state index contributed by atoms with van der Waals surface area (Å²) in [6.07, 6.45) is 0. The molecule has 0 heterocycles. The van der Waals surface area contributed by atoms with Crippen LogP contribution in [0.3, 0.4) is 0 Å². The van der Waals surface area contributed by atoms with E-state index in [-0.39, 0.29) is 5.41 Å². The molecule has 0 aromatic heterocycles. The first-order valence-corrected chi connectivity index (χ1v) is 7.45. The molecule has 0 nitrogen and oxygen atoms in total. The van der Waals surface area contributed by atoms with Gasteiger partial charge >= 0.3 is 0 Å². The van der Waals surface area contributed by atoms with Gasteiger partial charge in [-0.1, -0.05) is 53.0 Å². The van der Waals surface area contributed by atoms with Crippen molar-refractivity contribution < 1.29 is 0 Å². The summed E-state index contributed by atoms with van der Waals surface area (Å²) in [6, 6.07) is 5.76. The Labute approximate surface area is 114 Å². The van der Waals surface area contributed by atoms with E-state index in [4.69, 9.17) is 23.2 Å². The van der Waals surface area contributed by atoms with E-state index in [1.165, 1.54) is 4.90 Å². The van der Waals surface area contributed by atoms with Crippen LogP contribution in [-0.2, 0) is 0 Å². The van der Waals surface area contributed by atoms with Gasteiger partial charge in [-0.2, -0.15) is 0 Å². The van der Waals surface area contributed by atoms with Gasteiger partial charge in [0.2, 0.25) is 0 Å². The highest BCUT2D eigenvalue weighted by molar-refractivity contribution is 9.09. The van der Waals surface area contributed by atoms with Crippen molar-refractivity contribution in [3.63, 3.8) is 0 Å². The van der Waals surface area contributed by atoms with Crippen LogP contribution in [0.15, 0.2) is 23.1 Å². The largest absolute Gasteiger partial charge is 0.126 e. The molecule has 0 atom stereocenters. The van der Waals surface area contributed by atoms with Gasteiger partial charge in [0.05, 0.1) is 10.0 Å². The summed E-state index contributed by atoms with van der Waals surface area (Å²) < 4.78 is 0. The lowest BCUT2D eigenvalue weighted by Gasteiger charge is -2.20. The highest BCUT2D eigenvalue weighted by Gasteiger charge is 2.16. The van der Waals surface area contributed by atoms with Gasteiger partial charge in [-0.3, -0.25) is 0 Å². The molecule has 0 bridgehead atoms. The first-order valence-electron chi connectivity index (χ1n) is 4.58. The molecule has 0 amide bonds. The van der Waals surface area contributed by atoms with Crippen molar-refractivity contribution in [2.24, 2.45) is 5.41 Å². The third-order valence-electron chi connectivity index (χ3n) is 1.88. The van der Waals surface area contributed by atoms with Crippen molar-refractivity contribution in [2.75, 3.05) is 11.1 Å². The van der Waals surface area contributed by atoms with Crippen molar-refractivity contribution in [1.29, 1.82) is 0 Å². The lowest BCUT2D eigenvalue weighted by Crippen LogP contribution is -2.15. The number of halogens is 3. The van der Waals surface area contributed by atoms with E-state index in [1.54, 1.807) is 11.8 Å². The normalized spacial score (nSPS) is 11.8. The molecular formula is C11H13BrCl2S. The summed E-state index contributed by atoms with van der Waals surface area (Å²) in [5.74, 6) is 1.05. The Morgan fingerprint density at radius 2 is 1.93 bits per heavy atom. The Hall–Kier alpha value is 0.630. The summed E-state index contributed by atoms with van der Waals surface area (Å²) >= 11 is 17.1. The molecule has 0 fully saturated rings. The Balaban J connectivity index is 2.62. The Morgan fingerprint density at radius 1 is 1.27 bits per heavy atom. The van der Waals surface area contributed by atoms with Crippen LogP contribution in [0.5, 0.6) is 0 Å². The highest BCUT2D eigenvalue weighted by Crippen LogP contribution is 2.32. The fourth-order valence-corrected chi connectivity index (χ4v) is 2.73. The van der Waals surface area contributed by atoms with Gasteiger partial charge in [0.1, 0.15) is 0 Å². The van der Waals surface area contributed by atoms with Gasteiger partial charge in [0.25, 0.3) is 0 Å². The van der Waals surface area contributed by atoms with Crippen molar-refractivity contribution in [1.82, 2.24) is 0 Å². The van der Waals surface area contributed by atoms with E-state index in [1.807, 2.05) is 18.2 Å². The Morgan fingerprint density at radius 3 is 2.47 bits per heavy atom. The first-order chi connectivity index (χ1) is 6.94. The van der Waals surface area contributed by atoms with E-state index < -0.39 is 0 Å². The molecule has 0 saturated carbocycles. The van der Waals surface area contributed by atoms with Gasteiger partial charge < -0.3 is 0 Å². The second kappa shape index (κ2) is 5.81. The van der Waals surface area contributed by atoms with E-state index in [0.717, 1.165) is 11.1 Å². The molecule has 0 aliphatic carbocycles. The zero-order valence-electron chi connectivity index (χ0n) is 8.69. The number of thioether (sulfide) groups is 1. The van der Waals surface area contributed by atoms with E-state index in [0.29, 0.717) is 10.0 Å². The fraction of sp³-hybridized carbons (Fsp3) is 0.455. The third kappa shape index (κ3) is 4.56. The molecule has 0 aliphatic rings.